The van der Waals surface area contributed by atoms with Crippen LogP contribution < -0.4 is 5.32 Å². The molecule has 94 valence electrons. The molecule has 17 heavy (non-hydrogen) atoms. The quantitative estimate of drug-likeness (QED) is 0.720. The number of rotatable bonds is 1. The number of fused-ring (bicyclic) bond motifs is 1. The Bertz CT molecular complexity index is 353. The Morgan fingerprint density at radius 2 is 2.06 bits per heavy atom. The van der Waals surface area contributed by atoms with E-state index in [2.05, 4.69) is 15.1 Å². The Kier molecular flexibility index (Phi) is 2.10. The third-order valence-corrected chi connectivity index (χ3v) is 5.24. The smallest absolute Gasteiger partial charge is 0.244 e. The van der Waals surface area contributed by atoms with Crippen molar-refractivity contribution in [3.05, 3.63) is 0 Å². The molecule has 4 fully saturated rings. The van der Waals surface area contributed by atoms with Gasteiger partial charge in [0.2, 0.25) is 5.91 Å². The van der Waals surface area contributed by atoms with Crippen molar-refractivity contribution in [2.75, 3.05) is 19.8 Å². The summed E-state index contributed by atoms with van der Waals surface area (Å²) in [5.74, 6) is 0.397. The van der Waals surface area contributed by atoms with Crippen molar-refractivity contribution in [3.63, 3.8) is 0 Å². The summed E-state index contributed by atoms with van der Waals surface area (Å²) in [4.78, 5) is 17.1. The number of amides is 1. The molecule has 4 aliphatic rings. The van der Waals surface area contributed by atoms with Gasteiger partial charge in [0.25, 0.3) is 0 Å². The molecule has 1 saturated carbocycles. The van der Waals surface area contributed by atoms with Crippen molar-refractivity contribution in [3.8, 4) is 0 Å². The van der Waals surface area contributed by atoms with Crippen molar-refractivity contribution in [1.82, 2.24) is 15.1 Å². The van der Waals surface area contributed by atoms with E-state index in [1.807, 2.05) is 0 Å². The minimum Gasteiger partial charge on any atom is -0.325 e. The van der Waals surface area contributed by atoms with E-state index in [0.717, 1.165) is 25.6 Å². The molecule has 1 N–H and O–H groups in total. The van der Waals surface area contributed by atoms with Crippen molar-refractivity contribution in [1.29, 1.82) is 0 Å². The second-order valence-corrected chi connectivity index (χ2v) is 6.20. The maximum Gasteiger partial charge on any atom is 0.244 e. The van der Waals surface area contributed by atoms with Gasteiger partial charge in [-0.1, -0.05) is 0 Å². The average molecular weight is 235 g/mol. The maximum absolute atomic E-state index is 12.3. The first kappa shape index (κ1) is 10.3. The predicted octanol–water partition coefficient (Wildman–Crippen LogP) is 0.535. The van der Waals surface area contributed by atoms with E-state index in [4.69, 9.17) is 0 Å². The lowest BCUT2D eigenvalue weighted by molar-refractivity contribution is -0.132. The highest BCUT2D eigenvalue weighted by Crippen LogP contribution is 2.42. The molecule has 2 atom stereocenters. The highest BCUT2D eigenvalue weighted by molar-refractivity contribution is 5.91. The lowest BCUT2D eigenvalue weighted by Gasteiger charge is -2.38. The fraction of sp³-hybridized carbons (Fsp3) is 0.923. The lowest BCUT2D eigenvalue weighted by atomic mass is 9.96. The molecule has 0 aromatic carbocycles. The molecule has 1 amide bonds. The highest BCUT2D eigenvalue weighted by atomic mass is 16.2. The van der Waals surface area contributed by atoms with E-state index >= 15 is 0 Å². The first-order valence-corrected chi connectivity index (χ1v) is 7.09. The summed E-state index contributed by atoms with van der Waals surface area (Å²) in [5.41, 5.74) is -0.104. The molecule has 4 heteroatoms. The van der Waals surface area contributed by atoms with Gasteiger partial charge in [0.1, 0.15) is 0 Å². The third kappa shape index (κ3) is 1.47. The number of nitrogens with zero attached hydrogens (tertiary/aromatic N) is 2. The molecule has 0 radical (unpaired) electrons. The fourth-order valence-electron chi connectivity index (χ4n) is 3.96. The lowest BCUT2D eigenvalue weighted by Crippen LogP contribution is -2.49. The van der Waals surface area contributed by atoms with Crippen LogP contribution >= 0.6 is 0 Å². The van der Waals surface area contributed by atoms with E-state index in [9.17, 15) is 4.79 Å². The van der Waals surface area contributed by atoms with Crippen LogP contribution in [0.25, 0.3) is 0 Å². The summed E-state index contributed by atoms with van der Waals surface area (Å²) < 4.78 is 0. The van der Waals surface area contributed by atoms with Crippen molar-refractivity contribution < 1.29 is 4.79 Å². The summed E-state index contributed by atoms with van der Waals surface area (Å²) in [6.07, 6.45) is 7.21. The van der Waals surface area contributed by atoms with Gasteiger partial charge in [-0.25, -0.2) is 0 Å². The standard InChI is InChI=1S/C13H21N3O/c17-12-13(4-5-13)14-9-16(12)11-3-7-15-6-1-2-10(15)8-11/h10-11,14H,1-9H2. The van der Waals surface area contributed by atoms with Gasteiger partial charge in [0.05, 0.1) is 12.2 Å². The number of hydrogen-bond donors (Lipinski definition) is 1. The van der Waals surface area contributed by atoms with E-state index < -0.39 is 0 Å². The number of carbonyl (C=O) groups is 1. The van der Waals surface area contributed by atoms with Crippen LogP contribution in [0.4, 0.5) is 0 Å². The van der Waals surface area contributed by atoms with Crippen LogP contribution in [0.15, 0.2) is 0 Å². The first-order valence-electron chi connectivity index (χ1n) is 7.09. The molecule has 1 spiro atoms. The zero-order chi connectivity index (χ0) is 11.5. The van der Waals surface area contributed by atoms with Gasteiger partial charge in [0, 0.05) is 18.6 Å². The summed E-state index contributed by atoms with van der Waals surface area (Å²) in [7, 11) is 0. The number of piperidine rings is 1. The largest absolute Gasteiger partial charge is 0.325 e. The van der Waals surface area contributed by atoms with Gasteiger partial charge in [0.15, 0.2) is 0 Å². The van der Waals surface area contributed by atoms with Crippen LogP contribution in [0.1, 0.15) is 38.5 Å². The van der Waals surface area contributed by atoms with Gasteiger partial charge in [-0.2, -0.15) is 0 Å². The molecule has 3 saturated heterocycles. The van der Waals surface area contributed by atoms with E-state index in [-0.39, 0.29) is 5.54 Å². The van der Waals surface area contributed by atoms with Crippen molar-refractivity contribution in [2.45, 2.75) is 56.1 Å². The summed E-state index contributed by atoms with van der Waals surface area (Å²) >= 11 is 0. The van der Waals surface area contributed by atoms with Gasteiger partial charge >= 0.3 is 0 Å². The molecule has 4 rings (SSSR count). The predicted molar refractivity (Wildman–Crippen MR) is 64.4 cm³/mol. The zero-order valence-electron chi connectivity index (χ0n) is 10.3. The number of nitrogens with one attached hydrogen (secondary N) is 1. The SMILES string of the molecule is O=C1N(C2CCN3CCCC3C2)CNC12CC2. The molecule has 0 aromatic heterocycles. The molecule has 4 nitrogen and oxygen atoms in total. The number of carbonyl (C=O) groups excluding carboxylic acids is 1. The van der Waals surface area contributed by atoms with Gasteiger partial charge in [-0.3, -0.25) is 10.1 Å². The molecule has 3 aliphatic heterocycles. The molecule has 0 bridgehead atoms. The van der Waals surface area contributed by atoms with E-state index in [0.29, 0.717) is 11.9 Å². The highest BCUT2D eigenvalue weighted by Gasteiger charge is 2.57. The van der Waals surface area contributed by atoms with Crippen LogP contribution in [0.5, 0.6) is 0 Å². The number of hydrogen-bond acceptors (Lipinski definition) is 3. The van der Waals surface area contributed by atoms with Crippen LogP contribution in [-0.2, 0) is 4.79 Å². The van der Waals surface area contributed by atoms with Crippen molar-refractivity contribution >= 4 is 5.91 Å². The average Bonchev–Trinajstić information content (AvgIpc) is 2.86. The normalized spacial score (nSPS) is 40.0. The topological polar surface area (TPSA) is 35.6 Å². The second kappa shape index (κ2) is 3.45. The second-order valence-electron chi connectivity index (χ2n) is 6.20. The Hall–Kier alpha value is -0.610. The fourth-order valence-corrected chi connectivity index (χ4v) is 3.96. The monoisotopic (exact) mass is 235 g/mol. The van der Waals surface area contributed by atoms with Gasteiger partial charge in [-0.15, -0.1) is 0 Å². The summed E-state index contributed by atoms with van der Waals surface area (Å²) in [6.45, 7) is 3.29. The molecule has 0 aromatic rings. The zero-order valence-corrected chi connectivity index (χ0v) is 10.3. The van der Waals surface area contributed by atoms with Crippen LogP contribution in [0.2, 0.25) is 0 Å². The van der Waals surface area contributed by atoms with Crippen molar-refractivity contribution in [2.24, 2.45) is 0 Å². The van der Waals surface area contributed by atoms with E-state index in [1.54, 1.807) is 0 Å². The Morgan fingerprint density at radius 3 is 2.82 bits per heavy atom. The van der Waals surface area contributed by atoms with Crippen LogP contribution in [-0.4, -0.2) is 53.1 Å². The minimum absolute atomic E-state index is 0.104. The van der Waals surface area contributed by atoms with Gasteiger partial charge in [-0.05, 0) is 45.1 Å². The Morgan fingerprint density at radius 1 is 1.18 bits per heavy atom. The third-order valence-electron chi connectivity index (χ3n) is 5.24. The molecular weight excluding hydrogens is 214 g/mol. The molecular formula is C13H21N3O. The molecule has 1 aliphatic carbocycles. The minimum atomic E-state index is -0.104. The Balaban J connectivity index is 1.47. The summed E-state index contributed by atoms with van der Waals surface area (Å²) in [6, 6.07) is 1.27. The van der Waals surface area contributed by atoms with Crippen LogP contribution in [0.3, 0.4) is 0 Å². The van der Waals surface area contributed by atoms with E-state index in [1.165, 1.54) is 38.8 Å². The molecule has 2 unspecified atom stereocenters. The van der Waals surface area contributed by atoms with Crippen LogP contribution in [0, 0.1) is 0 Å². The Labute approximate surface area is 102 Å². The molecule has 3 heterocycles. The van der Waals surface area contributed by atoms with Gasteiger partial charge < -0.3 is 9.80 Å². The maximum atomic E-state index is 12.3. The summed E-state index contributed by atoms with van der Waals surface area (Å²) in [5, 5.41) is 3.43. The first-order chi connectivity index (χ1) is 8.28.